The van der Waals surface area contributed by atoms with E-state index < -0.39 is 0 Å². The van der Waals surface area contributed by atoms with Gasteiger partial charge in [0.2, 0.25) is 0 Å². The summed E-state index contributed by atoms with van der Waals surface area (Å²) in [5, 5.41) is 7.16. The van der Waals surface area contributed by atoms with Crippen molar-refractivity contribution in [3.8, 4) is 5.88 Å². The van der Waals surface area contributed by atoms with Gasteiger partial charge in [-0.05, 0) is 19.0 Å². The van der Waals surface area contributed by atoms with E-state index in [-0.39, 0.29) is 6.10 Å². The lowest BCUT2D eigenvalue weighted by atomic mass is 10.1. The fourth-order valence-electron chi connectivity index (χ4n) is 1.43. The van der Waals surface area contributed by atoms with E-state index in [1.165, 1.54) is 0 Å². The van der Waals surface area contributed by atoms with Gasteiger partial charge in [0.25, 0.3) is 5.88 Å². The van der Waals surface area contributed by atoms with E-state index in [2.05, 4.69) is 10.5 Å². The Morgan fingerprint density at radius 2 is 2.38 bits per heavy atom. The fraction of sp³-hybridized carbons (Fsp3) is 0.667. The van der Waals surface area contributed by atoms with Gasteiger partial charge in [-0.15, -0.1) is 0 Å². The Labute approximate surface area is 77.2 Å². The third kappa shape index (κ3) is 1.67. The highest BCUT2D eigenvalue weighted by atomic mass is 16.5. The maximum atomic E-state index is 5.51. The van der Waals surface area contributed by atoms with E-state index in [1.54, 1.807) is 0 Å². The summed E-state index contributed by atoms with van der Waals surface area (Å²) < 4.78 is 10.7. The van der Waals surface area contributed by atoms with Crippen molar-refractivity contribution in [2.75, 3.05) is 6.54 Å². The van der Waals surface area contributed by atoms with E-state index in [0.717, 1.165) is 30.8 Å². The van der Waals surface area contributed by atoms with Gasteiger partial charge in [0.05, 0.1) is 11.7 Å². The molecule has 1 aliphatic rings. The van der Waals surface area contributed by atoms with Crippen LogP contribution < -0.4 is 10.1 Å². The second kappa shape index (κ2) is 3.38. The van der Waals surface area contributed by atoms with Crippen LogP contribution in [-0.4, -0.2) is 17.8 Å². The number of nitrogens with zero attached hydrogens (tertiary/aromatic N) is 1. The topological polar surface area (TPSA) is 47.3 Å². The predicted molar refractivity (Wildman–Crippen MR) is 47.7 cm³/mol. The van der Waals surface area contributed by atoms with Crippen LogP contribution in [0.5, 0.6) is 5.88 Å². The molecule has 1 N–H and O–H groups in total. The molecular formula is C9H14N2O2. The minimum atomic E-state index is 0.149. The van der Waals surface area contributed by atoms with Crippen molar-refractivity contribution in [2.24, 2.45) is 0 Å². The zero-order valence-corrected chi connectivity index (χ0v) is 7.96. The third-order valence-electron chi connectivity index (χ3n) is 2.01. The van der Waals surface area contributed by atoms with Crippen LogP contribution in [0.15, 0.2) is 4.52 Å². The zero-order chi connectivity index (χ0) is 9.26. The normalized spacial score (nSPS) is 15.9. The van der Waals surface area contributed by atoms with Crippen molar-refractivity contribution < 1.29 is 9.26 Å². The van der Waals surface area contributed by atoms with E-state index >= 15 is 0 Å². The third-order valence-corrected chi connectivity index (χ3v) is 2.01. The van der Waals surface area contributed by atoms with Gasteiger partial charge in [0.15, 0.2) is 0 Å². The number of hydrogen-bond acceptors (Lipinski definition) is 4. The summed E-state index contributed by atoms with van der Waals surface area (Å²) in [5.74, 6) is 1.62. The molecule has 0 unspecified atom stereocenters. The Morgan fingerprint density at radius 3 is 3.15 bits per heavy atom. The van der Waals surface area contributed by atoms with Crippen molar-refractivity contribution in [3.05, 3.63) is 11.3 Å². The molecule has 0 fully saturated rings. The Balaban J connectivity index is 2.21. The van der Waals surface area contributed by atoms with E-state index in [0.29, 0.717) is 5.88 Å². The van der Waals surface area contributed by atoms with E-state index in [9.17, 15) is 0 Å². The lowest BCUT2D eigenvalue weighted by molar-refractivity contribution is 0.216. The van der Waals surface area contributed by atoms with Crippen LogP contribution in [0.3, 0.4) is 0 Å². The first-order chi connectivity index (χ1) is 6.27. The van der Waals surface area contributed by atoms with Crippen LogP contribution in [-0.2, 0) is 13.0 Å². The highest BCUT2D eigenvalue weighted by Gasteiger charge is 2.20. The molecule has 0 saturated carbocycles. The molecule has 0 aromatic carbocycles. The van der Waals surface area contributed by atoms with Crippen LogP contribution in [0.4, 0.5) is 0 Å². The Bertz CT molecular complexity index is 294. The molecule has 0 amide bonds. The number of nitrogens with one attached hydrogen (secondary N) is 1. The SMILES string of the molecule is CC(C)Oc1noc2c1CNCC2. The van der Waals surface area contributed by atoms with Crippen molar-refractivity contribution in [2.45, 2.75) is 32.9 Å². The van der Waals surface area contributed by atoms with Crippen molar-refractivity contribution in [3.63, 3.8) is 0 Å². The summed E-state index contributed by atoms with van der Waals surface area (Å²) in [4.78, 5) is 0. The Morgan fingerprint density at radius 1 is 1.54 bits per heavy atom. The number of ether oxygens (including phenoxy) is 1. The smallest absolute Gasteiger partial charge is 0.259 e. The molecule has 0 bridgehead atoms. The van der Waals surface area contributed by atoms with Crippen LogP contribution in [0, 0.1) is 0 Å². The van der Waals surface area contributed by atoms with Gasteiger partial charge >= 0.3 is 0 Å². The molecule has 0 saturated heterocycles. The average molecular weight is 182 g/mol. The summed E-state index contributed by atoms with van der Waals surface area (Å²) >= 11 is 0. The maximum absolute atomic E-state index is 5.51. The van der Waals surface area contributed by atoms with Gasteiger partial charge in [-0.3, -0.25) is 0 Å². The molecule has 0 atom stereocenters. The van der Waals surface area contributed by atoms with E-state index in [4.69, 9.17) is 9.26 Å². The first-order valence-corrected chi connectivity index (χ1v) is 4.62. The highest BCUT2D eigenvalue weighted by Crippen LogP contribution is 2.24. The molecule has 0 spiro atoms. The van der Waals surface area contributed by atoms with Gasteiger partial charge in [0, 0.05) is 19.5 Å². The molecule has 1 aromatic heterocycles. The molecule has 1 aromatic rings. The van der Waals surface area contributed by atoms with Gasteiger partial charge in [0.1, 0.15) is 5.76 Å². The van der Waals surface area contributed by atoms with Crippen LogP contribution >= 0.6 is 0 Å². The predicted octanol–water partition coefficient (Wildman–Crippen LogP) is 1.11. The van der Waals surface area contributed by atoms with Crippen LogP contribution in [0.2, 0.25) is 0 Å². The molecule has 2 rings (SSSR count). The minimum Gasteiger partial charge on any atom is -0.473 e. The number of hydrogen-bond donors (Lipinski definition) is 1. The highest BCUT2D eigenvalue weighted by molar-refractivity contribution is 5.30. The Kier molecular flexibility index (Phi) is 2.22. The molecule has 13 heavy (non-hydrogen) atoms. The molecule has 2 heterocycles. The van der Waals surface area contributed by atoms with Gasteiger partial charge in [-0.2, -0.15) is 0 Å². The van der Waals surface area contributed by atoms with Crippen molar-refractivity contribution >= 4 is 0 Å². The molecule has 72 valence electrons. The summed E-state index contributed by atoms with van der Waals surface area (Å²) in [7, 11) is 0. The zero-order valence-electron chi connectivity index (χ0n) is 7.96. The van der Waals surface area contributed by atoms with Gasteiger partial charge in [-0.1, -0.05) is 0 Å². The second-order valence-corrected chi connectivity index (χ2v) is 3.48. The van der Waals surface area contributed by atoms with Crippen molar-refractivity contribution in [1.29, 1.82) is 0 Å². The summed E-state index contributed by atoms with van der Waals surface area (Å²) in [5.41, 5.74) is 1.08. The second-order valence-electron chi connectivity index (χ2n) is 3.48. The van der Waals surface area contributed by atoms with E-state index in [1.807, 2.05) is 13.8 Å². The lowest BCUT2D eigenvalue weighted by Crippen LogP contribution is -2.23. The molecule has 0 aliphatic carbocycles. The number of aromatic nitrogens is 1. The largest absolute Gasteiger partial charge is 0.473 e. The van der Waals surface area contributed by atoms with Crippen LogP contribution in [0.25, 0.3) is 0 Å². The average Bonchev–Trinajstić information content (AvgIpc) is 2.48. The monoisotopic (exact) mass is 182 g/mol. The number of fused-ring (bicyclic) bond motifs is 1. The molecule has 0 radical (unpaired) electrons. The molecule has 1 aliphatic heterocycles. The molecular weight excluding hydrogens is 168 g/mol. The van der Waals surface area contributed by atoms with Gasteiger partial charge in [-0.25, -0.2) is 0 Å². The van der Waals surface area contributed by atoms with Gasteiger partial charge < -0.3 is 14.6 Å². The first-order valence-electron chi connectivity index (χ1n) is 4.62. The summed E-state index contributed by atoms with van der Waals surface area (Å²) in [6.45, 7) is 5.73. The standard InChI is InChI=1S/C9H14N2O2/c1-6(2)12-9-7-5-10-4-3-8(7)13-11-9/h6,10H,3-5H2,1-2H3. The quantitative estimate of drug-likeness (QED) is 0.744. The summed E-state index contributed by atoms with van der Waals surface area (Å²) in [6, 6.07) is 0. The fourth-order valence-corrected chi connectivity index (χ4v) is 1.43. The molecule has 4 heteroatoms. The lowest BCUT2D eigenvalue weighted by Gasteiger charge is -2.12. The number of rotatable bonds is 2. The maximum Gasteiger partial charge on any atom is 0.259 e. The van der Waals surface area contributed by atoms with Crippen LogP contribution in [0.1, 0.15) is 25.2 Å². The Hall–Kier alpha value is -1.03. The first kappa shape index (κ1) is 8.56. The summed E-state index contributed by atoms with van der Waals surface area (Å²) in [6.07, 6.45) is 1.06. The molecule has 4 nitrogen and oxygen atoms in total. The minimum absolute atomic E-state index is 0.149. The van der Waals surface area contributed by atoms with Crippen molar-refractivity contribution in [1.82, 2.24) is 10.5 Å².